The summed E-state index contributed by atoms with van der Waals surface area (Å²) in [5.74, 6) is 0.0125. The van der Waals surface area contributed by atoms with Gasteiger partial charge in [-0.3, -0.25) is 9.69 Å². The normalized spacial score (nSPS) is 22.3. The summed E-state index contributed by atoms with van der Waals surface area (Å²) < 4.78 is 63.6. The minimum absolute atomic E-state index is 0.00289. The molecule has 1 aromatic heterocycles. The molecular weight excluding hydrogens is 676 g/mol. The summed E-state index contributed by atoms with van der Waals surface area (Å²) in [6.45, 7) is 8.23. The number of nitrogens with two attached hydrogens (primary N) is 1. The maximum atomic E-state index is 16.0. The molecule has 2 aromatic carbocycles. The van der Waals surface area contributed by atoms with E-state index in [1.165, 1.54) is 31.1 Å². The number of likely N-dealkylation sites (tertiary alicyclic amines) is 2. The number of nitrogen functional groups attached to an aromatic ring is 1. The quantitative estimate of drug-likeness (QED) is 0.125. The maximum absolute atomic E-state index is 16.0. The van der Waals surface area contributed by atoms with Crippen LogP contribution in [0.2, 0.25) is 0 Å². The van der Waals surface area contributed by atoms with Crippen LogP contribution in [0, 0.1) is 22.1 Å². The second-order valence-corrected chi connectivity index (χ2v) is 16.0. The Balaban J connectivity index is 1.17. The first-order chi connectivity index (χ1) is 24.9. The fourth-order valence-corrected chi connectivity index (χ4v) is 8.87. The highest BCUT2D eigenvalue weighted by molar-refractivity contribution is 6.04. The van der Waals surface area contributed by atoms with E-state index in [-0.39, 0.29) is 50.9 Å². The summed E-state index contributed by atoms with van der Waals surface area (Å²) >= 11 is 0. The lowest BCUT2D eigenvalue weighted by Gasteiger charge is -2.54. The van der Waals surface area contributed by atoms with Gasteiger partial charge in [-0.05, 0) is 79.7 Å². The molecule has 0 atom stereocenters. The first-order valence-corrected chi connectivity index (χ1v) is 18.2. The zero-order chi connectivity index (χ0) is 36.2. The summed E-state index contributed by atoms with van der Waals surface area (Å²) in [6.07, 6.45) is 3.36. The molecule has 52 heavy (non-hydrogen) atoms. The van der Waals surface area contributed by atoms with Crippen LogP contribution in [0.5, 0.6) is 5.75 Å². The Labute approximate surface area is 299 Å². The summed E-state index contributed by atoms with van der Waals surface area (Å²) in [5.41, 5.74) is 7.88. The first kappa shape index (κ1) is 33.4. The molecule has 10 nitrogen and oxygen atoms in total. The molecule has 1 amide bonds. The van der Waals surface area contributed by atoms with Crippen LogP contribution >= 0.6 is 0 Å². The molecule has 2 spiro atoms. The fourth-order valence-electron chi connectivity index (χ4n) is 8.87. The van der Waals surface area contributed by atoms with Gasteiger partial charge in [0.15, 0.2) is 12.4 Å². The highest BCUT2D eigenvalue weighted by Gasteiger charge is 2.55. The molecular formula is C38H42F4N8O2. The third-order valence-electron chi connectivity index (χ3n) is 12.3. The third-order valence-corrected chi connectivity index (χ3v) is 12.3. The van der Waals surface area contributed by atoms with Crippen molar-refractivity contribution in [3.05, 3.63) is 47.8 Å². The lowest BCUT2D eigenvalue weighted by molar-refractivity contribution is -0.153. The molecule has 4 saturated heterocycles. The molecule has 9 rings (SSSR count). The number of anilines is 3. The molecule has 6 fully saturated rings. The number of ether oxygens (including phenoxy) is 1. The van der Waals surface area contributed by atoms with Crippen molar-refractivity contribution < 1.29 is 27.1 Å². The molecule has 3 N–H and O–H groups in total. The molecule has 0 bridgehead atoms. The molecule has 14 heteroatoms. The largest absolute Gasteiger partial charge is 0.481 e. The standard InChI is InChI=1S/C38H42F4N8O2/c1-2-29(51)50-19-37(20-50)9-11-47(12-10-37)34-25-13-24(22-3-4-22)31(30-26(14-43)28(44)6-5-27(30)39)33(52-21-38(40,41)42)32(25)45-35(46-34)48-15-23(16-48)49-17-36(18-49)7-8-36/h2,5-6,13-14,22-23,43H,1,3-4,7-12,15-21,44H2. The van der Waals surface area contributed by atoms with Gasteiger partial charge >= 0.3 is 6.18 Å². The van der Waals surface area contributed by atoms with Gasteiger partial charge in [0.25, 0.3) is 0 Å². The van der Waals surface area contributed by atoms with Crippen molar-refractivity contribution in [3.63, 3.8) is 0 Å². The van der Waals surface area contributed by atoms with Gasteiger partial charge in [0, 0.05) is 97.8 Å². The van der Waals surface area contributed by atoms with Gasteiger partial charge in [-0.1, -0.05) is 6.58 Å². The third kappa shape index (κ3) is 5.64. The van der Waals surface area contributed by atoms with Crippen LogP contribution < -0.4 is 20.3 Å². The first-order valence-electron chi connectivity index (χ1n) is 18.2. The average molecular weight is 719 g/mol. The van der Waals surface area contributed by atoms with Gasteiger partial charge < -0.3 is 30.6 Å². The average Bonchev–Trinajstić information content (AvgIpc) is 4.00. The van der Waals surface area contributed by atoms with Gasteiger partial charge in [-0.15, -0.1) is 0 Å². The second kappa shape index (κ2) is 11.8. The van der Waals surface area contributed by atoms with Crippen LogP contribution in [-0.4, -0.2) is 103 Å². The van der Waals surface area contributed by atoms with Crippen molar-refractivity contribution in [3.8, 4) is 16.9 Å². The van der Waals surface area contributed by atoms with Crippen LogP contribution in [-0.2, 0) is 4.79 Å². The Kier molecular flexibility index (Phi) is 7.56. The Bertz CT molecular complexity index is 1980. The lowest BCUT2D eigenvalue weighted by atomic mass is 9.72. The summed E-state index contributed by atoms with van der Waals surface area (Å²) in [7, 11) is 0. The van der Waals surface area contributed by atoms with Crippen LogP contribution in [0.1, 0.15) is 55.6 Å². The van der Waals surface area contributed by atoms with Crippen molar-refractivity contribution in [1.29, 1.82) is 5.41 Å². The van der Waals surface area contributed by atoms with Gasteiger partial charge in [0.2, 0.25) is 11.9 Å². The molecule has 274 valence electrons. The number of rotatable bonds is 9. The van der Waals surface area contributed by atoms with Crippen LogP contribution in [0.25, 0.3) is 22.0 Å². The SMILES string of the molecule is C=CC(=O)N1CC2(CCN(c3nc(N4CC(N5CC6(CC6)C5)C4)nc4c(OCC(F)(F)F)c(-c5c(F)ccc(N)c5C=N)c(C5CC5)cc34)CC2)C1. The van der Waals surface area contributed by atoms with E-state index in [4.69, 9.17) is 25.8 Å². The van der Waals surface area contributed by atoms with Crippen molar-refractivity contribution >= 4 is 40.5 Å². The molecule has 4 aliphatic heterocycles. The van der Waals surface area contributed by atoms with Gasteiger partial charge in [0.05, 0.1) is 0 Å². The highest BCUT2D eigenvalue weighted by atomic mass is 19.4. The minimum atomic E-state index is -4.68. The van der Waals surface area contributed by atoms with Crippen molar-refractivity contribution in [2.24, 2.45) is 10.8 Å². The Morgan fingerprint density at radius 2 is 1.71 bits per heavy atom. The van der Waals surface area contributed by atoms with Gasteiger partial charge in [-0.25, -0.2) is 9.37 Å². The van der Waals surface area contributed by atoms with Gasteiger partial charge in [0.1, 0.15) is 17.2 Å². The van der Waals surface area contributed by atoms with Crippen molar-refractivity contribution in [1.82, 2.24) is 19.8 Å². The van der Waals surface area contributed by atoms with Crippen molar-refractivity contribution in [2.75, 3.05) is 74.5 Å². The molecule has 6 aliphatic rings. The number of alkyl halides is 3. The number of carbonyl (C=O) groups excluding carboxylic acids is 1. The Morgan fingerprint density at radius 3 is 2.33 bits per heavy atom. The van der Waals surface area contributed by atoms with Crippen molar-refractivity contribution in [2.45, 2.75) is 56.7 Å². The number of fused-ring (bicyclic) bond motifs is 1. The molecule has 2 saturated carbocycles. The number of aromatic nitrogens is 2. The molecule has 3 aromatic rings. The predicted molar refractivity (Wildman–Crippen MR) is 191 cm³/mol. The van der Waals surface area contributed by atoms with E-state index in [1.807, 2.05) is 6.07 Å². The van der Waals surface area contributed by atoms with E-state index in [1.54, 1.807) is 4.90 Å². The fraction of sp³-hybridized carbons (Fsp3) is 0.526. The van der Waals surface area contributed by atoms with E-state index in [0.29, 0.717) is 73.4 Å². The zero-order valence-electron chi connectivity index (χ0n) is 28.9. The smallest absolute Gasteiger partial charge is 0.422 e. The molecule has 0 radical (unpaired) electrons. The number of piperidine rings is 1. The Hall–Kier alpha value is -4.46. The number of hydrogen-bond acceptors (Lipinski definition) is 9. The van der Waals surface area contributed by atoms with Gasteiger partial charge in [-0.2, -0.15) is 18.2 Å². The number of halogens is 4. The monoisotopic (exact) mass is 718 g/mol. The number of hydrogen-bond donors (Lipinski definition) is 2. The summed E-state index contributed by atoms with van der Waals surface area (Å²) in [6, 6.07) is 4.80. The highest BCUT2D eigenvalue weighted by Crippen LogP contribution is 2.55. The number of nitrogens with one attached hydrogen (secondary N) is 1. The van der Waals surface area contributed by atoms with Crippen LogP contribution in [0.4, 0.5) is 35.0 Å². The van der Waals surface area contributed by atoms with E-state index < -0.39 is 18.6 Å². The zero-order valence-corrected chi connectivity index (χ0v) is 28.9. The van der Waals surface area contributed by atoms with E-state index in [9.17, 15) is 18.0 Å². The number of amides is 1. The van der Waals surface area contributed by atoms with E-state index in [2.05, 4.69) is 21.3 Å². The Morgan fingerprint density at radius 1 is 1.02 bits per heavy atom. The summed E-state index contributed by atoms with van der Waals surface area (Å²) in [4.78, 5) is 30.8. The molecule has 0 unspecified atom stereocenters. The topological polar surface area (TPSA) is 115 Å². The van der Waals surface area contributed by atoms with Crippen LogP contribution in [0.3, 0.4) is 0 Å². The lowest BCUT2D eigenvalue weighted by Crippen LogP contribution is -2.66. The van der Waals surface area contributed by atoms with E-state index >= 15 is 4.39 Å². The number of carbonyl (C=O) groups is 1. The molecule has 2 aliphatic carbocycles. The minimum Gasteiger partial charge on any atom is -0.481 e. The molecule has 5 heterocycles. The maximum Gasteiger partial charge on any atom is 0.422 e. The number of nitrogens with zero attached hydrogens (tertiary/aromatic N) is 6. The van der Waals surface area contributed by atoms with E-state index in [0.717, 1.165) is 45.0 Å². The predicted octanol–water partition coefficient (Wildman–Crippen LogP) is 5.73. The number of benzene rings is 2. The van der Waals surface area contributed by atoms with Crippen LogP contribution in [0.15, 0.2) is 30.9 Å². The summed E-state index contributed by atoms with van der Waals surface area (Å²) in [5, 5.41) is 8.68. The second-order valence-electron chi connectivity index (χ2n) is 16.0.